The number of fused-ring (bicyclic) bond motifs is 1. The van der Waals surface area contributed by atoms with E-state index >= 15 is 0 Å². The lowest BCUT2D eigenvalue weighted by Gasteiger charge is -2.10. The van der Waals surface area contributed by atoms with Crippen molar-refractivity contribution in [2.75, 3.05) is 4.72 Å². The molecule has 2 aromatic heterocycles. The molecule has 102 valence electrons. The van der Waals surface area contributed by atoms with Crippen molar-refractivity contribution < 1.29 is 13.5 Å². The monoisotopic (exact) mass is 288 g/mol. The predicted octanol–water partition coefficient (Wildman–Crippen LogP) is 2.56. The molecule has 0 fully saturated rings. The number of nitrogens with zero attached hydrogens (tertiary/aromatic N) is 1. The summed E-state index contributed by atoms with van der Waals surface area (Å²) in [6.45, 7) is 0. The van der Waals surface area contributed by atoms with Gasteiger partial charge in [-0.05, 0) is 36.4 Å². The molecule has 0 amide bonds. The van der Waals surface area contributed by atoms with Crippen LogP contribution in [0.5, 0.6) is 11.5 Å². The number of nitrogens with one attached hydrogen (secondary N) is 2. The number of benzene rings is 1. The Kier molecular flexibility index (Phi) is 3.36. The lowest BCUT2D eigenvalue weighted by molar-refractivity contribution is 0.488. The fourth-order valence-electron chi connectivity index (χ4n) is 1.84. The summed E-state index contributed by atoms with van der Waals surface area (Å²) in [5.74, 6) is 1.30. The fourth-order valence-corrected chi connectivity index (χ4v) is 2.17. The van der Waals surface area contributed by atoms with Gasteiger partial charge in [-0.25, -0.2) is 4.98 Å². The van der Waals surface area contributed by atoms with Crippen molar-refractivity contribution in [1.29, 1.82) is 0 Å². The van der Waals surface area contributed by atoms with Crippen molar-refractivity contribution in [3.05, 3.63) is 48.8 Å². The standard InChI is InChI=1S/C13H11N3O3S/c17-20(18)16-9-1-3-10(4-2-9)19-12-6-8-15-13-11(12)5-7-14-13/h1-8,16H,(H,14,15)(H,17,18)/p-1. The third-order valence-electron chi connectivity index (χ3n) is 2.70. The molecule has 1 atom stereocenters. The molecule has 0 aliphatic rings. The zero-order chi connectivity index (χ0) is 13.9. The molecule has 0 saturated carbocycles. The molecule has 1 aromatic carbocycles. The van der Waals surface area contributed by atoms with Crippen LogP contribution in [0.1, 0.15) is 0 Å². The van der Waals surface area contributed by atoms with Crippen LogP contribution in [-0.4, -0.2) is 18.7 Å². The van der Waals surface area contributed by atoms with Gasteiger partial charge in [-0.15, -0.1) is 0 Å². The van der Waals surface area contributed by atoms with Gasteiger partial charge in [-0.3, -0.25) is 4.21 Å². The van der Waals surface area contributed by atoms with Gasteiger partial charge in [0.1, 0.15) is 17.1 Å². The molecule has 7 heteroatoms. The van der Waals surface area contributed by atoms with Crippen molar-refractivity contribution >= 4 is 28.0 Å². The topological polar surface area (TPSA) is 90.1 Å². The minimum Gasteiger partial charge on any atom is -0.755 e. The highest BCUT2D eigenvalue weighted by atomic mass is 32.2. The number of aromatic nitrogens is 2. The van der Waals surface area contributed by atoms with E-state index in [1.807, 2.05) is 6.07 Å². The zero-order valence-electron chi connectivity index (χ0n) is 10.2. The number of aromatic amines is 1. The third kappa shape index (κ3) is 2.63. The lowest BCUT2D eigenvalue weighted by atomic mass is 10.3. The maximum Gasteiger partial charge on any atom is 0.140 e. The molecule has 2 N–H and O–H groups in total. The Morgan fingerprint density at radius 1 is 1.20 bits per heavy atom. The third-order valence-corrected chi connectivity index (χ3v) is 3.11. The van der Waals surface area contributed by atoms with Crippen LogP contribution in [0.15, 0.2) is 48.8 Å². The van der Waals surface area contributed by atoms with Gasteiger partial charge in [0.05, 0.1) is 5.39 Å². The highest BCUT2D eigenvalue weighted by molar-refractivity contribution is 7.80. The SMILES string of the molecule is O=S([O-])Nc1ccc(Oc2ccnc3[nH]ccc23)cc1. The Bertz CT molecular complexity index is 755. The summed E-state index contributed by atoms with van der Waals surface area (Å²) < 4.78 is 29.1. The molecule has 0 radical (unpaired) electrons. The molecule has 20 heavy (non-hydrogen) atoms. The summed E-state index contributed by atoms with van der Waals surface area (Å²) in [6, 6.07) is 10.3. The van der Waals surface area contributed by atoms with Crippen molar-refractivity contribution in [3.8, 4) is 11.5 Å². The van der Waals surface area contributed by atoms with E-state index in [9.17, 15) is 8.76 Å². The highest BCUT2D eigenvalue weighted by Crippen LogP contribution is 2.28. The molecule has 6 nitrogen and oxygen atoms in total. The summed E-state index contributed by atoms with van der Waals surface area (Å²) in [5.41, 5.74) is 1.23. The molecule has 3 rings (SSSR count). The first-order chi connectivity index (χ1) is 9.72. The molecule has 0 bridgehead atoms. The highest BCUT2D eigenvalue weighted by Gasteiger charge is 2.05. The Balaban J connectivity index is 1.84. The first kappa shape index (κ1) is 12.6. The number of pyridine rings is 1. The first-order valence-corrected chi connectivity index (χ1v) is 6.86. The van der Waals surface area contributed by atoms with Gasteiger partial charge in [0.25, 0.3) is 0 Å². The fraction of sp³-hybridized carbons (Fsp3) is 0. The number of ether oxygens (including phenoxy) is 1. The second kappa shape index (κ2) is 5.32. The average molecular weight is 288 g/mol. The molecule has 0 aliphatic carbocycles. The van der Waals surface area contributed by atoms with Crippen LogP contribution in [0.4, 0.5) is 5.69 Å². The molecule has 2 heterocycles. The number of hydrogen-bond acceptors (Lipinski definition) is 4. The first-order valence-electron chi connectivity index (χ1n) is 5.78. The van der Waals surface area contributed by atoms with Gasteiger partial charge in [0.2, 0.25) is 0 Å². The van der Waals surface area contributed by atoms with Gasteiger partial charge >= 0.3 is 0 Å². The van der Waals surface area contributed by atoms with E-state index in [0.717, 1.165) is 11.0 Å². The van der Waals surface area contributed by atoms with Gasteiger partial charge in [0, 0.05) is 29.3 Å². The number of anilines is 1. The van der Waals surface area contributed by atoms with Gasteiger partial charge in [-0.1, -0.05) is 0 Å². The molecular formula is C13H10N3O3S-. The van der Waals surface area contributed by atoms with Crippen LogP contribution in [0, 0.1) is 0 Å². The van der Waals surface area contributed by atoms with Gasteiger partial charge in [-0.2, -0.15) is 0 Å². The number of hydrogen-bond donors (Lipinski definition) is 2. The quantitative estimate of drug-likeness (QED) is 0.722. The lowest BCUT2D eigenvalue weighted by Crippen LogP contribution is -2.01. The van der Waals surface area contributed by atoms with Crippen LogP contribution in [0.25, 0.3) is 11.0 Å². The maximum atomic E-state index is 10.5. The summed E-state index contributed by atoms with van der Waals surface area (Å²) in [6.07, 6.45) is 3.45. The Morgan fingerprint density at radius 3 is 2.75 bits per heavy atom. The molecule has 1 unspecified atom stereocenters. The minimum atomic E-state index is -2.33. The minimum absolute atomic E-state index is 0.479. The molecule has 0 saturated heterocycles. The Morgan fingerprint density at radius 2 is 2.00 bits per heavy atom. The molecule has 0 spiro atoms. The Hall–Kier alpha value is -2.38. The van der Waals surface area contributed by atoms with Crippen molar-refractivity contribution in [1.82, 2.24) is 9.97 Å². The summed E-state index contributed by atoms with van der Waals surface area (Å²) in [5, 5.41) is 0.885. The average Bonchev–Trinajstić information content (AvgIpc) is 2.90. The second-order valence-corrected chi connectivity index (χ2v) is 4.69. The molecule has 3 aromatic rings. The van der Waals surface area contributed by atoms with Crippen LogP contribution >= 0.6 is 0 Å². The number of rotatable bonds is 4. The number of H-pyrrole nitrogens is 1. The maximum absolute atomic E-state index is 10.5. The van der Waals surface area contributed by atoms with Crippen molar-refractivity contribution in [3.63, 3.8) is 0 Å². The van der Waals surface area contributed by atoms with E-state index in [0.29, 0.717) is 17.2 Å². The second-order valence-electron chi connectivity index (χ2n) is 4.01. The van der Waals surface area contributed by atoms with Crippen LogP contribution < -0.4 is 9.46 Å². The zero-order valence-corrected chi connectivity index (χ0v) is 11.0. The van der Waals surface area contributed by atoms with Crippen LogP contribution in [0.2, 0.25) is 0 Å². The van der Waals surface area contributed by atoms with E-state index in [1.54, 1.807) is 42.7 Å². The molecular weight excluding hydrogens is 278 g/mol. The Labute approximate surface area is 117 Å². The van der Waals surface area contributed by atoms with E-state index < -0.39 is 11.3 Å². The van der Waals surface area contributed by atoms with E-state index in [1.165, 1.54) is 0 Å². The summed E-state index contributed by atoms with van der Waals surface area (Å²) in [7, 11) is 0. The van der Waals surface area contributed by atoms with Gasteiger partial charge in [0.15, 0.2) is 0 Å². The van der Waals surface area contributed by atoms with Crippen molar-refractivity contribution in [2.45, 2.75) is 0 Å². The van der Waals surface area contributed by atoms with Gasteiger partial charge < -0.3 is 19.0 Å². The molecule has 0 aliphatic heterocycles. The summed E-state index contributed by atoms with van der Waals surface area (Å²) >= 11 is -2.33. The van der Waals surface area contributed by atoms with Crippen LogP contribution in [0.3, 0.4) is 0 Å². The van der Waals surface area contributed by atoms with Crippen molar-refractivity contribution in [2.24, 2.45) is 0 Å². The largest absolute Gasteiger partial charge is 0.755 e. The normalized spacial score (nSPS) is 12.2. The van der Waals surface area contributed by atoms with E-state index in [2.05, 4.69) is 14.7 Å². The summed E-state index contributed by atoms with van der Waals surface area (Å²) in [4.78, 5) is 7.18. The van der Waals surface area contributed by atoms with E-state index in [-0.39, 0.29) is 0 Å². The van der Waals surface area contributed by atoms with E-state index in [4.69, 9.17) is 4.74 Å². The smallest absolute Gasteiger partial charge is 0.140 e. The van der Waals surface area contributed by atoms with Crippen LogP contribution in [-0.2, 0) is 11.3 Å². The predicted molar refractivity (Wildman–Crippen MR) is 75.2 cm³/mol.